The lowest BCUT2D eigenvalue weighted by atomic mass is 10.1. The highest BCUT2D eigenvalue weighted by Crippen LogP contribution is 2.18. The summed E-state index contributed by atoms with van der Waals surface area (Å²) in [6.45, 7) is 4.46. The maximum Gasteiger partial charge on any atom is 0.240 e. The van der Waals surface area contributed by atoms with Gasteiger partial charge in [-0.3, -0.25) is 9.59 Å². The van der Waals surface area contributed by atoms with Gasteiger partial charge >= 0.3 is 0 Å². The zero-order valence-electron chi connectivity index (χ0n) is 18.3. The van der Waals surface area contributed by atoms with Crippen molar-refractivity contribution in [2.24, 2.45) is 5.10 Å². The van der Waals surface area contributed by atoms with Crippen molar-refractivity contribution in [1.82, 2.24) is 5.43 Å². The van der Waals surface area contributed by atoms with Crippen molar-refractivity contribution in [3.8, 4) is 5.75 Å². The number of hydrogen-bond donors (Lipinski definition) is 2. The predicted octanol–water partition coefficient (Wildman–Crippen LogP) is 4.75. The number of hydrazone groups is 1. The molecule has 0 radical (unpaired) electrons. The zero-order chi connectivity index (χ0) is 22.8. The molecule has 0 aliphatic heterocycles. The van der Waals surface area contributed by atoms with Gasteiger partial charge in [-0.15, -0.1) is 0 Å². The Bertz CT molecular complexity index is 1070. The molecule has 3 aromatic carbocycles. The maximum atomic E-state index is 12.0. The Balaban J connectivity index is 1.45. The van der Waals surface area contributed by atoms with Crippen LogP contribution in [0.4, 0.5) is 5.69 Å². The van der Waals surface area contributed by atoms with Crippen molar-refractivity contribution in [2.45, 2.75) is 33.3 Å². The number of ether oxygens (including phenoxy) is 1. The molecule has 0 spiro atoms. The quantitative estimate of drug-likeness (QED) is 0.380. The summed E-state index contributed by atoms with van der Waals surface area (Å²) in [6, 6.07) is 23.1. The summed E-state index contributed by atoms with van der Waals surface area (Å²) in [7, 11) is 0. The summed E-state index contributed by atoms with van der Waals surface area (Å²) < 4.78 is 5.91. The number of carbonyl (C=O) groups excluding carboxylic acids is 2. The molecule has 2 N–H and O–H groups in total. The molecule has 0 bridgehead atoms. The van der Waals surface area contributed by atoms with Gasteiger partial charge in [0.1, 0.15) is 12.4 Å². The van der Waals surface area contributed by atoms with Crippen LogP contribution in [0.1, 0.15) is 35.1 Å². The topological polar surface area (TPSA) is 79.8 Å². The molecule has 0 aliphatic rings. The van der Waals surface area contributed by atoms with Gasteiger partial charge < -0.3 is 10.1 Å². The lowest BCUT2D eigenvalue weighted by molar-refractivity contribution is -0.124. The largest absolute Gasteiger partial charge is 0.488 e. The zero-order valence-corrected chi connectivity index (χ0v) is 18.3. The Hall–Kier alpha value is -3.93. The molecule has 0 saturated heterocycles. The number of rotatable bonds is 9. The van der Waals surface area contributed by atoms with Crippen LogP contribution in [-0.2, 0) is 16.2 Å². The molecule has 0 unspecified atom stereocenters. The number of hydrogen-bond acceptors (Lipinski definition) is 4. The van der Waals surface area contributed by atoms with E-state index >= 15 is 0 Å². The van der Waals surface area contributed by atoms with Gasteiger partial charge in [0, 0.05) is 24.1 Å². The highest BCUT2D eigenvalue weighted by atomic mass is 16.5. The molecule has 2 amide bonds. The van der Waals surface area contributed by atoms with Crippen LogP contribution < -0.4 is 15.5 Å². The Labute approximate surface area is 188 Å². The van der Waals surface area contributed by atoms with Crippen LogP contribution >= 0.6 is 0 Å². The number of nitrogens with one attached hydrogen (secondary N) is 2. The van der Waals surface area contributed by atoms with Gasteiger partial charge in [-0.25, -0.2) is 5.43 Å². The first-order valence-corrected chi connectivity index (χ1v) is 10.5. The number of nitrogens with zero attached hydrogens (tertiary/aromatic N) is 1. The molecular formula is C26H27N3O3. The predicted molar refractivity (Wildman–Crippen MR) is 127 cm³/mol. The maximum absolute atomic E-state index is 12.0. The van der Waals surface area contributed by atoms with Crippen molar-refractivity contribution in [1.29, 1.82) is 0 Å². The van der Waals surface area contributed by atoms with Crippen molar-refractivity contribution in [3.05, 3.63) is 95.1 Å². The molecule has 3 aromatic rings. The Morgan fingerprint density at radius 1 is 0.844 bits per heavy atom. The monoisotopic (exact) mass is 429 g/mol. The molecule has 0 aromatic heterocycles. The second-order valence-electron chi connectivity index (χ2n) is 7.52. The highest BCUT2D eigenvalue weighted by Gasteiger charge is 2.07. The molecule has 164 valence electrons. The molecule has 6 nitrogen and oxygen atoms in total. The molecule has 6 heteroatoms. The van der Waals surface area contributed by atoms with Gasteiger partial charge in [0.15, 0.2) is 0 Å². The average Bonchev–Trinajstić information content (AvgIpc) is 2.80. The summed E-state index contributed by atoms with van der Waals surface area (Å²) >= 11 is 0. The third-order valence-electron chi connectivity index (χ3n) is 4.74. The fraction of sp³-hybridized carbons (Fsp3) is 0.192. The fourth-order valence-corrected chi connectivity index (χ4v) is 2.88. The lowest BCUT2D eigenvalue weighted by Crippen LogP contribution is -2.20. The number of amides is 2. The van der Waals surface area contributed by atoms with Crippen LogP contribution in [0.5, 0.6) is 5.75 Å². The molecule has 0 atom stereocenters. The molecule has 0 aliphatic carbocycles. The summed E-state index contributed by atoms with van der Waals surface area (Å²) in [5.74, 6) is 0.116. The first-order chi connectivity index (χ1) is 15.5. The van der Waals surface area contributed by atoms with Gasteiger partial charge in [0.05, 0.1) is 6.21 Å². The van der Waals surface area contributed by atoms with E-state index < -0.39 is 0 Å². The van der Waals surface area contributed by atoms with E-state index in [1.807, 2.05) is 86.6 Å². The second-order valence-corrected chi connectivity index (χ2v) is 7.52. The van der Waals surface area contributed by atoms with E-state index in [9.17, 15) is 9.59 Å². The van der Waals surface area contributed by atoms with Gasteiger partial charge in [-0.2, -0.15) is 5.10 Å². The van der Waals surface area contributed by atoms with E-state index in [0.29, 0.717) is 18.0 Å². The minimum Gasteiger partial charge on any atom is -0.488 e. The molecule has 32 heavy (non-hydrogen) atoms. The number of carbonyl (C=O) groups is 2. The van der Waals surface area contributed by atoms with Crippen molar-refractivity contribution in [2.75, 3.05) is 5.32 Å². The number of aryl methyl sites for hydroxylation is 2. The number of benzene rings is 3. The SMILES string of the molecule is Cc1ccc(COc2ccccc2C=NNC(=O)CCC(=O)Nc2ccc(C)cc2)cc1. The van der Waals surface area contributed by atoms with Crippen molar-refractivity contribution >= 4 is 23.7 Å². The van der Waals surface area contributed by atoms with Crippen LogP contribution in [0.25, 0.3) is 0 Å². The third-order valence-corrected chi connectivity index (χ3v) is 4.74. The minimum absolute atomic E-state index is 0.0423. The summed E-state index contributed by atoms with van der Waals surface area (Å²) in [4.78, 5) is 24.0. The number of para-hydroxylation sites is 1. The van der Waals surface area contributed by atoms with Gasteiger partial charge in [-0.1, -0.05) is 59.7 Å². The average molecular weight is 430 g/mol. The van der Waals surface area contributed by atoms with E-state index in [1.54, 1.807) is 0 Å². The van der Waals surface area contributed by atoms with Gasteiger partial charge in [-0.05, 0) is 43.7 Å². The first-order valence-electron chi connectivity index (χ1n) is 10.5. The first kappa shape index (κ1) is 22.7. The molecule has 0 saturated carbocycles. The van der Waals surface area contributed by atoms with Crippen LogP contribution in [0.2, 0.25) is 0 Å². The van der Waals surface area contributed by atoms with E-state index in [2.05, 4.69) is 15.8 Å². The summed E-state index contributed by atoms with van der Waals surface area (Å²) in [5.41, 5.74) is 7.30. The molecule has 0 fully saturated rings. The van der Waals surface area contributed by atoms with Crippen LogP contribution in [0.15, 0.2) is 77.9 Å². The fourth-order valence-electron chi connectivity index (χ4n) is 2.88. The lowest BCUT2D eigenvalue weighted by Gasteiger charge is -2.09. The normalized spacial score (nSPS) is 10.7. The summed E-state index contributed by atoms with van der Waals surface area (Å²) in [5, 5.41) is 6.77. The molecule has 0 heterocycles. The molecular weight excluding hydrogens is 402 g/mol. The van der Waals surface area contributed by atoms with Gasteiger partial charge in [0.25, 0.3) is 0 Å². The van der Waals surface area contributed by atoms with E-state index in [-0.39, 0.29) is 24.7 Å². The van der Waals surface area contributed by atoms with Crippen molar-refractivity contribution < 1.29 is 14.3 Å². The summed E-state index contributed by atoms with van der Waals surface area (Å²) in [6.07, 6.45) is 1.65. The van der Waals surface area contributed by atoms with E-state index in [4.69, 9.17) is 4.74 Å². The minimum atomic E-state index is -0.335. The van der Waals surface area contributed by atoms with Crippen molar-refractivity contribution in [3.63, 3.8) is 0 Å². The van der Waals surface area contributed by atoms with Crippen LogP contribution in [0.3, 0.4) is 0 Å². The van der Waals surface area contributed by atoms with Crippen LogP contribution in [0, 0.1) is 13.8 Å². The smallest absolute Gasteiger partial charge is 0.240 e. The van der Waals surface area contributed by atoms with E-state index in [0.717, 1.165) is 16.7 Å². The second kappa shape index (κ2) is 11.5. The van der Waals surface area contributed by atoms with Gasteiger partial charge in [0.2, 0.25) is 11.8 Å². The van der Waals surface area contributed by atoms with E-state index in [1.165, 1.54) is 11.8 Å². The Kier molecular flexibility index (Phi) is 8.15. The van der Waals surface area contributed by atoms with Crippen LogP contribution in [-0.4, -0.2) is 18.0 Å². The highest BCUT2D eigenvalue weighted by molar-refractivity contribution is 5.93. The Morgan fingerprint density at radius 3 is 2.19 bits per heavy atom. The standard InChI is InChI=1S/C26H27N3O3/c1-19-7-11-21(12-8-19)18-32-24-6-4-3-5-22(24)17-27-29-26(31)16-15-25(30)28-23-13-9-20(2)10-14-23/h3-14,17H,15-16,18H2,1-2H3,(H,28,30)(H,29,31). The number of anilines is 1. The molecule has 3 rings (SSSR count). The third kappa shape index (κ3) is 7.40. The Morgan fingerprint density at radius 2 is 1.47 bits per heavy atom.